The number of esters is 1. The number of nitrogens with zero attached hydrogens (tertiary/aromatic N) is 3. The lowest BCUT2D eigenvalue weighted by molar-refractivity contribution is -0.129. The molecule has 1 aliphatic heterocycles. The maximum Gasteiger partial charge on any atom is 0.363 e. The Morgan fingerprint density at radius 2 is 1.70 bits per heavy atom. The summed E-state index contributed by atoms with van der Waals surface area (Å²) in [5.41, 5.74) is 3.51. The molecule has 0 unspecified atom stereocenters. The zero-order valence-electron chi connectivity index (χ0n) is 17.3. The second-order valence-corrected chi connectivity index (χ2v) is 6.90. The molecule has 0 bridgehead atoms. The monoisotopic (exact) mass is 407 g/mol. The van der Waals surface area contributed by atoms with E-state index < -0.39 is 5.97 Å². The smallest absolute Gasteiger partial charge is 0.363 e. The Hall–Kier alpha value is -3.81. The van der Waals surface area contributed by atoms with Gasteiger partial charge >= 0.3 is 5.97 Å². The lowest BCUT2D eigenvalue weighted by Gasteiger charge is -2.07. The SMILES string of the molecule is COc1cc(OC)cc(C2=NC(=Cc3cc(C)n(-c4cc(C)on4)c3C)C(=O)O2)c1. The van der Waals surface area contributed by atoms with Crippen molar-refractivity contribution in [3.05, 3.63) is 64.3 Å². The molecule has 3 heterocycles. The number of benzene rings is 1. The molecular weight excluding hydrogens is 386 g/mol. The quantitative estimate of drug-likeness (QED) is 0.473. The molecule has 0 aliphatic carbocycles. The van der Waals surface area contributed by atoms with Gasteiger partial charge in [-0.05, 0) is 50.6 Å². The molecule has 8 heteroatoms. The van der Waals surface area contributed by atoms with Crippen LogP contribution in [0.4, 0.5) is 0 Å². The van der Waals surface area contributed by atoms with Gasteiger partial charge in [-0.2, -0.15) is 0 Å². The van der Waals surface area contributed by atoms with E-state index in [1.807, 2.05) is 37.5 Å². The van der Waals surface area contributed by atoms with Crippen LogP contribution >= 0.6 is 0 Å². The molecule has 0 fully saturated rings. The minimum atomic E-state index is -0.520. The Morgan fingerprint density at radius 1 is 1.00 bits per heavy atom. The average Bonchev–Trinajstić information content (AvgIpc) is 3.39. The second kappa shape index (κ2) is 7.55. The molecule has 30 heavy (non-hydrogen) atoms. The Morgan fingerprint density at radius 3 is 2.30 bits per heavy atom. The van der Waals surface area contributed by atoms with Gasteiger partial charge in [0.25, 0.3) is 0 Å². The van der Waals surface area contributed by atoms with E-state index in [1.165, 1.54) is 0 Å². The zero-order valence-corrected chi connectivity index (χ0v) is 17.3. The second-order valence-electron chi connectivity index (χ2n) is 6.90. The Labute approximate surface area is 173 Å². The first-order chi connectivity index (χ1) is 14.4. The minimum Gasteiger partial charge on any atom is -0.497 e. The first-order valence-corrected chi connectivity index (χ1v) is 9.28. The van der Waals surface area contributed by atoms with Crippen LogP contribution in [0, 0.1) is 20.8 Å². The van der Waals surface area contributed by atoms with Crippen molar-refractivity contribution >= 4 is 17.9 Å². The van der Waals surface area contributed by atoms with Crippen LogP contribution in [-0.4, -0.2) is 35.8 Å². The normalized spacial score (nSPS) is 14.8. The highest BCUT2D eigenvalue weighted by Crippen LogP contribution is 2.28. The molecule has 0 saturated heterocycles. The molecular formula is C22H21N3O5. The number of hydrogen-bond acceptors (Lipinski definition) is 7. The Balaban J connectivity index is 1.72. The number of aromatic nitrogens is 2. The maximum atomic E-state index is 12.4. The number of carbonyl (C=O) groups excluding carboxylic acids is 1. The number of methoxy groups -OCH3 is 2. The summed E-state index contributed by atoms with van der Waals surface area (Å²) in [6, 6.07) is 9.01. The van der Waals surface area contributed by atoms with Crippen LogP contribution in [0.15, 0.2) is 45.5 Å². The van der Waals surface area contributed by atoms with E-state index in [9.17, 15) is 4.79 Å². The van der Waals surface area contributed by atoms with Crippen LogP contribution in [0.25, 0.3) is 11.9 Å². The minimum absolute atomic E-state index is 0.199. The predicted octanol–water partition coefficient (Wildman–Crippen LogP) is 3.75. The third-order valence-electron chi connectivity index (χ3n) is 4.83. The van der Waals surface area contributed by atoms with Gasteiger partial charge in [0.1, 0.15) is 17.3 Å². The highest BCUT2D eigenvalue weighted by atomic mass is 16.6. The maximum absolute atomic E-state index is 12.4. The summed E-state index contributed by atoms with van der Waals surface area (Å²) in [5.74, 6) is 2.24. The third-order valence-corrected chi connectivity index (χ3v) is 4.83. The molecule has 0 amide bonds. The van der Waals surface area contributed by atoms with E-state index in [2.05, 4.69) is 10.1 Å². The van der Waals surface area contributed by atoms with Crippen LogP contribution in [0.2, 0.25) is 0 Å². The first kappa shape index (κ1) is 19.5. The number of cyclic esters (lactones) is 1. The Kier molecular flexibility index (Phi) is 4.91. The van der Waals surface area contributed by atoms with E-state index in [0.29, 0.717) is 22.9 Å². The van der Waals surface area contributed by atoms with Gasteiger partial charge in [-0.3, -0.25) is 4.57 Å². The summed E-state index contributed by atoms with van der Waals surface area (Å²) in [5, 5.41) is 4.08. The summed E-state index contributed by atoms with van der Waals surface area (Å²) in [6.07, 6.45) is 1.71. The largest absolute Gasteiger partial charge is 0.497 e. The van der Waals surface area contributed by atoms with Crippen molar-refractivity contribution in [2.45, 2.75) is 20.8 Å². The number of aryl methyl sites for hydroxylation is 2. The number of carbonyl (C=O) groups is 1. The summed E-state index contributed by atoms with van der Waals surface area (Å²) in [4.78, 5) is 16.8. The molecule has 1 aromatic carbocycles. The van der Waals surface area contributed by atoms with E-state index in [4.69, 9.17) is 18.7 Å². The van der Waals surface area contributed by atoms with Gasteiger partial charge in [0.05, 0.1) is 14.2 Å². The standard InChI is InChI=1S/C22H21N3O5/c1-12-6-15(14(3)25(12)20-7-13(2)30-24-20)10-19-22(26)29-21(23-19)16-8-17(27-4)11-18(9-16)28-5/h6-11H,1-5H3. The summed E-state index contributed by atoms with van der Waals surface area (Å²) in [7, 11) is 3.11. The average molecular weight is 407 g/mol. The molecule has 0 radical (unpaired) electrons. The van der Waals surface area contributed by atoms with Crippen molar-refractivity contribution in [1.29, 1.82) is 0 Å². The van der Waals surface area contributed by atoms with Gasteiger partial charge in [-0.1, -0.05) is 5.16 Å². The fraction of sp³-hybridized carbons (Fsp3) is 0.227. The van der Waals surface area contributed by atoms with Crippen LogP contribution in [0.1, 0.15) is 28.3 Å². The van der Waals surface area contributed by atoms with Crippen LogP contribution in [-0.2, 0) is 9.53 Å². The summed E-state index contributed by atoms with van der Waals surface area (Å²) in [6.45, 7) is 5.75. The van der Waals surface area contributed by atoms with Crippen LogP contribution in [0.3, 0.4) is 0 Å². The van der Waals surface area contributed by atoms with E-state index >= 15 is 0 Å². The molecule has 0 N–H and O–H groups in total. The van der Waals surface area contributed by atoms with Gasteiger partial charge in [0.2, 0.25) is 5.90 Å². The summed E-state index contributed by atoms with van der Waals surface area (Å²) < 4.78 is 23.1. The van der Waals surface area contributed by atoms with E-state index in [0.717, 1.165) is 22.7 Å². The molecule has 0 saturated carbocycles. The van der Waals surface area contributed by atoms with Crippen molar-refractivity contribution in [2.75, 3.05) is 14.2 Å². The molecule has 2 aromatic heterocycles. The first-order valence-electron chi connectivity index (χ1n) is 9.28. The molecule has 4 rings (SSSR count). The zero-order chi connectivity index (χ0) is 21.4. The van der Waals surface area contributed by atoms with Gasteiger partial charge < -0.3 is 18.7 Å². The van der Waals surface area contributed by atoms with E-state index in [1.54, 1.807) is 38.5 Å². The fourth-order valence-electron chi connectivity index (χ4n) is 3.36. The highest BCUT2D eigenvalue weighted by Gasteiger charge is 2.26. The lowest BCUT2D eigenvalue weighted by atomic mass is 10.2. The van der Waals surface area contributed by atoms with Crippen molar-refractivity contribution in [3.63, 3.8) is 0 Å². The van der Waals surface area contributed by atoms with Crippen molar-refractivity contribution < 1.29 is 23.5 Å². The summed E-state index contributed by atoms with van der Waals surface area (Å²) >= 11 is 0. The number of aliphatic imine (C=N–C) groups is 1. The molecule has 3 aromatic rings. The topological polar surface area (TPSA) is 88.1 Å². The number of hydrogen-bond donors (Lipinski definition) is 0. The molecule has 0 spiro atoms. The molecule has 8 nitrogen and oxygen atoms in total. The molecule has 0 atom stereocenters. The van der Waals surface area contributed by atoms with Crippen molar-refractivity contribution in [3.8, 4) is 17.3 Å². The third kappa shape index (κ3) is 3.47. The van der Waals surface area contributed by atoms with Crippen molar-refractivity contribution in [1.82, 2.24) is 9.72 Å². The van der Waals surface area contributed by atoms with Gasteiger partial charge in [0.15, 0.2) is 11.5 Å². The van der Waals surface area contributed by atoms with Gasteiger partial charge in [-0.25, -0.2) is 9.79 Å². The van der Waals surface area contributed by atoms with Crippen LogP contribution < -0.4 is 9.47 Å². The lowest BCUT2D eigenvalue weighted by Crippen LogP contribution is -2.06. The van der Waals surface area contributed by atoms with Crippen LogP contribution in [0.5, 0.6) is 11.5 Å². The van der Waals surface area contributed by atoms with E-state index in [-0.39, 0.29) is 11.6 Å². The number of ether oxygens (including phenoxy) is 3. The Bertz CT molecular complexity index is 1180. The number of rotatable bonds is 5. The highest BCUT2D eigenvalue weighted by molar-refractivity contribution is 6.13. The molecule has 154 valence electrons. The van der Waals surface area contributed by atoms with Gasteiger partial charge in [0, 0.05) is 29.1 Å². The van der Waals surface area contributed by atoms with Crippen molar-refractivity contribution in [2.24, 2.45) is 4.99 Å². The van der Waals surface area contributed by atoms with Gasteiger partial charge in [-0.15, -0.1) is 0 Å². The predicted molar refractivity (Wildman–Crippen MR) is 110 cm³/mol. The fourth-order valence-corrected chi connectivity index (χ4v) is 3.36. The molecule has 1 aliphatic rings.